The van der Waals surface area contributed by atoms with Gasteiger partial charge >= 0.3 is 0 Å². The van der Waals surface area contributed by atoms with Gasteiger partial charge in [-0.15, -0.1) is 0 Å². The van der Waals surface area contributed by atoms with E-state index in [4.69, 9.17) is 9.26 Å². The molecule has 1 aromatic carbocycles. The Hall–Kier alpha value is -3.27. The number of hydrogen-bond acceptors (Lipinski definition) is 5. The zero-order valence-corrected chi connectivity index (χ0v) is 16.3. The summed E-state index contributed by atoms with van der Waals surface area (Å²) in [4.78, 5) is 28.1. The van der Waals surface area contributed by atoms with E-state index in [1.54, 1.807) is 23.6 Å². The van der Waals surface area contributed by atoms with Crippen LogP contribution in [-0.2, 0) is 11.4 Å². The number of rotatable bonds is 4. The molecule has 0 radical (unpaired) electrons. The average Bonchev–Trinajstić information content (AvgIpc) is 3.06. The number of carbonyl (C=O) groups is 2. The quantitative estimate of drug-likeness (QED) is 0.759. The van der Waals surface area contributed by atoms with Gasteiger partial charge in [0.25, 0.3) is 11.8 Å². The summed E-state index contributed by atoms with van der Waals surface area (Å²) in [5, 5.41) is 3.96. The van der Waals surface area contributed by atoms with Gasteiger partial charge in [0.1, 0.15) is 18.1 Å². The minimum absolute atomic E-state index is 0.199. The van der Waals surface area contributed by atoms with E-state index >= 15 is 0 Å². The van der Waals surface area contributed by atoms with Gasteiger partial charge in [-0.3, -0.25) is 9.59 Å². The number of carbonyl (C=O) groups excluding carboxylic acids is 2. The number of aromatic nitrogens is 1. The maximum atomic E-state index is 12.9. The van der Waals surface area contributed by atoms with Gasteiger partial charge in [-0.05, 0) is 44.4 Å². The molecule has 7 heteroatoms. The van der Waals surface area contributed by atoms with Crippen LogP contribution in [0.1, 0.15) is 34.3 Å². The first-order valence-corrected chi connectivity index (χ1v) is 9.15. The lowest BCUT2D eigenvalue weighted by atomic mass is 10.1. The highest BCUT2D eigenvalue weighted by Crippen LogP contribution is 2.20. The fraction of sp³-hybridized carbons (Fsp3) is 0.381. The highest BCUT2D eigenvalue weighted by molar-refractivity contribution is 5.95. The first-order valence-electron chi connectivity index (χ1n) is 9.15. The molecule has 0 saturated carbocycles. The van der Waals surface area contributed by atoms with E-state index < -0.39 is 0 Å². The van der Waals surface area contributed by atoms with Gasteiger partial charge in [0.15, 0.2) is 5.69 Å². The fourth-order valence-corrected chi connectivity index (χ4v) is 3.04. The number of amides is 2. The Bertz CT molecular complexity index is 931. The molecule has 1 fully saturated rings. The molecule has 1 aliphatic heterocycles. The smallest absolute Gasteiger partial charge is 0.298 e. The third kappa shape index (κ3) is 4.34. The lowest BCUT2D eigenvalue weighted by Crippen LogP contribution is -2.50. The third-order valence-electron chi connectivity index (χ3n) is 4.65. The zero-order chi connectivity index (χ0) is 20.1. The Labute approximate surface area is 164 Å². The fourth-order valence-electron chi connectivity index (χ4n) is 3.04. The Morgan fingerprint density at radius 2 is 1.89 bits per heavy atom. The van der Waals surface area contributed by atoms with E-state index in [9.17, 15) is 9.59 Å². The van der Waals surface area contributed by atoms with Crippen molar-refractivity contribution in [1.82, 2.24) is 15.0 Å². The van der Waals surface area contributed by atoms with Crippen LogP contribution in [0.5, 0.6) is 5.75 Å². The predicted molar refractivity (Wildman–Crippen MR) is 103 cm³/mol. The van der Waals surface area contributed by atoms with Crippen molar-refractivity contribution in [2.45, 2.75) is 27.4 Å². The summed E-state index contributed by atoms with van der Waals surface area (Å²) in [6, 6.07) is 7.70. The largest absolute Gasteiger partial charge is 0.489 e. The molecular formula is C21H23N3O4. The number of ether oxygens (including phenoxy) is 1. The van der Waals surface area contributed by atoms with E-state index in [0.717, 1.165) is 11.3 Å². The molecule has 2 aromatic rings. The van der Waals surface area contributed by atoms with Crippen molar-refractivity contribution in [2.24, 2.45) is 0 Å². The molecule has 1 aliphatic rings. The van der Waals surface area contributed by atoms with Crippen molar-refractivity contribution in [2.75, 3.05) is 26.2 Å². The van der Waals surface area contributed by atoms with Crippen LogP contribution in [0.4, 0.5) is 0 Å². The van der Waals surface area contributed by atoms with Gasteiger partial charge in [-0.2, -0.15) is 0 Å². The van der Waals surface area contributed by atoms with Gasteiger partial charge in [0.2, 0.25) is 0 Å². The Balaban J connectivity index is 1.66. The van der Waals surface area contributed by atoms with Crippen LogP contribution in [0, 0.1) is 25.7 Å². The number of nitrogens with zero attached hydrogens (tertiary/aromatic N) is 3. The second-order valence-corrected chi connectivity index (χ2v) is 6.63. The summed E-state index contributed by atoms with van der Waals surface area (Å²) in [7, 11) is 0. The standard InChI is InChI=1S/C21H23N3O4/c1-4-6-19(25)23-9-11-24(12-10-23)21(26)20-18(16(3)28-22-20)14-27-17-8-5-7-15(2)13-17/h5,7-8,13H,9-12,14H2,1-3H3. The van der Waals surface area contributed by atoms with Crippen LogP contribution in [-0.4, -0.2) is 52.9 Å². The third-order valence-corrected chi connectivity index (χ3v) is 4.65. The number of hydrogen-bond donors (Lipinski definition) is 0. The topological polar surface area (TPSA) is 75.9 Å². The van der Waals surface area contributed by atoms with Gasteiger partial charge in [-0.25, -0.2) is 0 Å². The van der Waals surface area contributed by atoms with Crippen molar-refractivity contribution < 1.29 is 18.8 Å². The summed E-state index contributed by atoms with van der Waals surface area (Å²) < 4.78 is 11.1. The van der Waals surface area contributed by atoms with E-state index in [0.29, 0.717) is 37.5 Å². The first-order chi connectivity index (χ1) is 13.5. The van der Waals surface area contributed by atoms with E-state index in [-0.39, 0.29) is 24.1 Å². The number of aryl methyl sites for hydroxylation is 2. The van der Waals surface area contributed by atoms with Gasteiger partial charge in [0, 0.05) is 26.2 Å². The Morgan fingerprint density at radius 1 is 1.18 bits per heavy atom. The Kier molecular flexibility index (Phi) is 5.99. The lowest BCUT2D eigenvalue weighted by molar-refractivity contribution is -0.126. The van der Waals surface area contributed by atoms with Crippen molar-refractivity contribution in [1.29, 1.82) is 0 Å². The Morgan fingerprint density at radius 3 is 2.57 bits per heavy atom. The van der Waals surface area contributed by atoms with Crippen LogP contribution in [0.3, 0.4) is 0 Å². The van der Waals surface area contributed by atoms with Gasteiger partial charge in [0.05, 0.1) is 5.56 Å². The molecule has 1 aromatic heterocycles. The molecular weight excluding hydrogens is 358 g/mol. The zero-order valence-electron chi connectivity index (χ0n) is 16.3. The highest BCUT2D eigenvalue weighted by Gasteiger charge is 2.29. The molecule has 0 atom stereocenters. The maximum Gasteiger partial charge on any atom is 0.298 e. The second kappa shape index (κ2) is 8.61. The second-order valence-electron chi connectivity index (χ2n) is 6.63. The molecule has 3 rings (SSSR count). The molecule has 0 unspecified atom stereocenters. The summed E-state index contributed by atoms with van der Waals surface area (Å²) in [5.74, 6) is 6.00. The number of benzene rings is 1. The van der Waals surface area contributed by atoms with Crippen molar-refractivity contribution >= 4 is 11.8 Å². The van der Waals surface area contributed by atoms with Crippen LogP contribution in [0.2, 0.25) is 0 Å². The highest BCUT2D eigenvalue weighted by atomic mass is 16.5. The van der Waals surface area contributed by atoms with Crippen molar-refractivity contribution in [3.05, 3.63) is 46.8 Å². The molecule has 146 valence electrons. The summed E-state index contributed by atoms with van der Waals surface area (Å²) in [6.45, 7) is 7.34. The molecule has 0 aliphatic carbocycles. The molecule has 2 amide bonds. The van der Waals surface area contributed by atoms with E-state index in [1.165, 1.54) is 0 Å². The molecule has 0 N–H and O–H groups in total. The molecule has 0 bridgehead atoms. The van der Waals surface area contributed by atoms with Gasteiger partial charge < -0.3 is 19.1 Å². The molecule has 0 spiro atoms. The molecule has 1 saturated heterocycles. The van der Waals surface area contributed by atoms with Crippen LogP contribution >= 0.6 is 0 Å². The maximum absolute atomic E-state index is 12.9. The first kappa shape index (κ1) is 19.5. The van der Waals surface area contributed by atoms with Crippen molar-refractivity contribution in [3.63, 3.8) is 0 Å². The average molecular weight is 381 g/mol. The van der Waals surface area contributed by atoms with Crippen LogP contribution < -0.4 is 4.74 Å². The van der Waals surface area contributed by atoms with Crippen molar-refractivity contribution in [3.8, 4) is 17.6 Å². The molecule has 2 heterocycles. The summed E-state index contributed by atoms with van der Waals surface area (Å²) in [6.07, 6.45) is 0. The monoisotopic (exact) mass is 381 g/mol. The van der Waals surface area contributed by atoms with E-state index in [2.05, 4.69) is 17.0 Å². The normalized spacial score (nSPS) is 13.7. The minimum atomic E-state index is -0.214. The molecule has 7 nitrogen and oxygen atoms in total. The predicted octanol–water partition coefficient (Wildman–Crippen LogP) is 2.18. The van der Waals surface area contributed by atoms with Crippen LogP contribution in [0.15, 0.2) is 28.8 Å². The van der Waals surface area contributed by atoms with E-state index in [1.807, 2.05) is 31.2 Å². The molecule has 28 heavy (non-hydrogen) atoms. The SMILES string of the molecule is CC#CC(=O)N1CCN(C(=O)c2noc(C)c2COc2cccc(C)c2)CC1. The summed E-state index contributed by atoms with van der Waals surface area (Å²) in [5.41, 5.74) is 2.00. The lowest BCUT2D eigenvalue weighted by Gasteiger charge is -2.33. The van der Waals surface area contributed by atoms with Crippen LogP contribution in [0.25, 0.3) is 0 Å². The summed E-state index contributed by atoms with van der Waals surface area (Å²) >= 11 is 0. The number of piperazine rings is 1. The van der Waals surface area contributed by atoms with Gasteiger partial charge in [-0.1, -0.05) is 23.2 Å². The minimum Gasteiger partial charge on any atom is -0.489 e.